The van der Waals surface area contributed by atoms with Crippen molar-refractivity contribution in [1.82, 2.24) is 10.6 Å². The third kappa shape index (κ3) is 11.4. The van der Waals surface area contributed by atoms with Crippen LogP contribution in [0.5, 0.6) is 0 Å². The number of carbonyl (C=O) groups is 1. The highest BCUT2D eigenvalue weighted by atomic mass is 16.5. The maximum absolute atomic E-state index is 10.5. The van der Waals surface area contributed by atoms with Crippen molar-refractivity contribution in [1.29, 1.82) is 0 Å². The van der Waals surface area contributed by atoms with Crippen LogP contribution in [0.1, 0.15) is 26.2 Å². The Balaban J connectivity index is 2.88. The summed E-state index contributed by atoms with van der Waals surface area (Å²) in [4.78, 5) is 10.5. The smallest absolute Gasteiger partial charge is 0.216 e. The Morgan fingerprint density at radius 1 is 1.14 bits per heavy atom. The fourth-order valence-electron chi connectivity index (χ4n) is 1.13. The Morgan fingerprint density at radius 3 is 2.57 bits per heavy atom. The average molecular weight is 202 g/mol. The Morgan fingerprint density at radius 2 is 1.93 bits per heavy atom. The molecule has 0 saturated heterocycles. The molecule has 0 aromatic carbocycles. The summed E-state index contributed by atoms with van der Waals surface area (Å²) >= 11 is 0. The van der Waals surface area contributed by atoms with Gasteiger partial charge in [-0.2, -0.15) is 0 Å². The first-order valence-corrected chi connectivity index (χ1v) is 5.21. The molecule has 0 atom stereocenters. The van der Waals surface area contributed by atoms with Crippen LogP contribution in [0.2, 0.25) is 0 Å². The van der Waals surface area contributed by atoms with E-state index in [-0.39, 0.29) is 5.91 Å². The van der Waals surface area contributed by atoms with Gasteiger partial charge >= 0.3 is 0 Å². The SMILES string of the molecule is COCCCCCNCCNC(C)=O. The number of amides is 1. The molecule has 0 aromatic heterocycles. The maximum atomic E-state index is 10.5. The van der Waals surface area contributed by atoms with E-state index >= 15 is 0 Å². The third-order valence-electron chi connectivity index (χ3n) is 1.88. The number of hydrogen-bond acceptors (Lipinski definition) is 3. The highest BCUT2D eigenvalue weighted by Crippen LogP contribution is 1.93. The van der Waals surface area contributed by atoms with Crippen LogP contribution in [-0.2, 0) is 9.53 Å². The molecule has 0 aliphatic heterocycles. The highest BCUT2D eigenvalue weighted by molar-refractivity contribution is 5.72. The molecule has 4 nitrogen and oxygen atoms in total. The zero-order valence-corrected chi connectivity index (χ0v) is 9.27. The number of hydrogen-bond donors (Lipinski definition) is 2. The maximum Gasteiger partial charge on any atom is 0.216 e. The fourth-order valence-corrected chi connectivity index (χ4v) is 1.13. The molecule has 0 bridgehead atoms. The van der Waals surface area contributed by atoms with Gasteiger partial charge in [0.15, 0.2) is 0 Å². The van der Waals surface area contributed by atoms with E-state index in [0.717, 1.165) is 26.1 Å². The summed E-state index contributed by atoms with van der Waals surface area (Å²) in [5.41, 5.74) is 0. The third-order valence-corrected chi connectivity index (χ3v) is 1.88. The van der Waals surface area contributed by atoms with Gasteiger partial charge in [-0.1, -0.05) is 0 Å². The van der Waals surface area contributed by atoms with Crippen molar-refractivity contribution in [2.24, 2.45) is 0 Å². The molecule has 0 aliphatic rings. The summed E-state index contributed by atoms with van der Waals surface area (Å²) in [6, 6.07) is 0. The molecule has 1 amide bonds. The molecule has 84 valence electrons. The van der Waals surface area contributed by atoms with Crippen LogP contribution in [0.15, 0.2) is 0 Å². The zero-order valence-electron chi connectivity index (χ0n) is 9.27. The Kier molecular flexibility index (Phi) is 10.0. The van der Waals surface area contributed by atoms with Crippen LogP contribution in [0.25, 0.3) is 0 Å². The lowest BCUT2D eigenvalue weighted by Gasteiger charge is -2.04. The predicted molar refractivity (Wildman–Crippen MR) is 57.3 cm³/mol. The molecule has 14 heavy (non-hydrogen) atoms. The van der Waals surface area contributed by atoms with Crippen LogP contribution in [0.4, 0.5) is 0 Å². The largest absolute Gasteiger partial charge is 0.385 e. The van der Waals surface area contributed by atoms with E-state index in [1.165, 1.54) is 19.8 Å². The molecule has 0 rings (SSSR count). The molecule has 0 spiro atoms. The molecule has 0 saturated carbocycles. The van der Waals surface area contributed by atoms with Crippen molar-refractivity contribution in [3.05, 3.63) is 0 Å². The summed E-state index contributed by atoms with van der Waals surface area (Å²) in [5.74, 6) is 0.0342. The molecule has 0 aromatic rings. The number of rotatable bonds is 9. The zero-order chi connectivity index (χ0) is 10.6. The van der Waals surface area contributed by atoms with Gasteiger partial charge in [-0.05, 0) is 25.8 Å². The molecule has 0 aliphatic carbocycles. The topological polar surface area (TPSA) is 50.4 Å². The summed E-state index contributed by atoms with van der Waals surface area (Å²) in [6.45, 7) is 4.97. The van der Waals surface area contributed by atoms with Crippen molar-refractivity contribution < 1.29 is 9.53 Å². The predicted octanol–water partition coefficient (Wildman–Crippen LogP) is 0.529. The van der Waals surface area contributed by atoms with Gasteiger partial charge in [0, 0.05) is 33.7 Å². The van der Waals surface area contributed by atoms with E-state index in [4.69, 9.17) is 4.74 Å². The minimum Gasteiger partial charge on any atom is -0.385 e. The van der Waals surface area contributed by atoms with Crippen LogP contribution >= 0.6 is 0 Å². The summed E-state index contributed by atoms with van der Waals surface area (Å²) < 4.78 is 4.95. The van der Waals surface area contributed by atoms with Crippen LogP contribution in [0, 0.1) is 0 Å². The summed E-state index contributed by atoms with van der Waals surface area (Å²) in [7, 11) is 1.73. The van der Waals surface area contributed by atoms with Gasteiger partial charge in [-0.15, -0.1) is 0 Å². The molecular weight excluding hydrogens is 180 g/mol. The minimum atomic E-state index is 0.0342. The second-order valence-corrected chi connectivity index (χ2v) is 3.29. The van der Waals surface area contributed by atoms with Crippen molar-refractivity contribution in [3.63, 3.8) is 0 Å². The van der Waals surface area contributed by atoms with E-state index in [2.05, 4.69) is 10.6 Å². The van der Waals surface area contributed by atoms with E-state index in [9.17, 15) is 4.79 Å². The van der Waals surface area contributed by atoms with Gasteiger partial charge in [0.1, 0.15) is 0 Å². The number of nitrogens with one attached hydrogen (secondary N) is 2. The standard InChI is InChI=1S/C10H22N2O2/c1-10(13)12-8-7-11-6-4-3-5-9-14-2/h11H,3-9H2,1-2H3,(H,12,13). The van der Waals surface area contributed by atoms with Gasteiger partial charge in [0.05, 0.1) is 0 Å². The molecule has 0 heterocycles. The molecule has 4 heteroatoms. The number of unbranched alkanes of at least 4 members (excludes halogenated alkanes) is 2. The lowest BCUT2D eigenvalue weighted by atomic mass is 10.2. The normalized spacial score (nSPS) is 10.1. The van der Waals surface area contributed by atoms with Crippen molar-refractivity contribution in [3.8, 4) is 0 Å². The number of methoxy groups -OCH3 is 1. The second-order valence-electron chi connectivity index (χ2n) is 3.29. The first-order valence-electron chi connectivity index (χ1n) is 5.21. The summed E-state index contributed by atoms with van der Waals surface area (Å²) in [6.07, 6.45) is 3.49. The van der Waals surface area contributed by atoms with Crippen molar-refractivity contribution in [2.45, 2.75) is 26.2 Å². The van der Waals surface area contributed by atoms with Crippen LogP contribution in [0.3, 0.4) is 0 Å². The van der Waals surface area contributed by atoms with Gasteiger partial charge in [0.25, 0.3) is 0 Å². The lowest BCUT2D eigenvalue weighted by molar-refractivity contribution is -0.118. The van der Waals surface area contributed by atoms with Crippen LogP contribution < -0.4 is 10.6 Å². The molecular formula is C10H22N2O2. The quantitative estimate of drug-likeness (QED) is 0.536. The second kappa shape index (κ2) is 10.5. The van der Waals surface area contributed by atoms with E-state index in [1.807, 2.05) is 0 Å². The van der Waals surface area contributed by atoms with Gasteiger partial charge in [0.2, 0.25) is 5.91 Å². The van der Waals surface area contributed by atoms with Crippen molar-refractivity contribution in [2.75, 3.05) is 33.4 Å². The lowest BCUT2D eigenvalue weighted by Crippen LogP contribution is -2.30. The summed E-state index contributed by atoms with van der Waals surface area (Å²) in [5, 5.41) is 6.00. The highest BCUT2D eigenvalue weighted by Gasteiger charge is 1.91. The first kappa shape index (κ1) is 13.4. The molecule has 0 fully saturated rings. The van der Waals surface area contributed by atoms with Crippen molar-refractivity contribution >= 4 is 5.91 Å². The Labute approximate surface area is 86.4 Å². The van der Waals surface area contributed by atoms with Gasteiger partial charge in [-0.25, -0.2) is 0 Å². The molecule has 0 radical (unpaired) electrons. The van der Waals surface area contributed by atoms with Crippen LogP contribution in [-0.4, -0.2) is 39.3 Å². The minimum absolute atomic E-state index is 0.0342. The molecule has 0 unspecified atom stereocenters. The first-order chi connectivity index (χ1) is 6.77. The number of ether oxygens (including phenoxy) is 1. The van der Waals surface area contributed by atoms with E-state index < -0.39 is 0 Å². The molecule has 2 N–H and O–H groups in total. The van der Waals surface area contributed by atoms with Gasteiger partial charge in [-0.3, -0.25) is 4.79 Å². The Bertz CT molecular complexity index is 140. The Hall–Kier alpha value is -0.610. The van der Waals surface area contributed by atoms with Gasteiger partial charge < -0.3 is 15.4 Å². The fraction of sp³-hybridized carbons (Fsp3) is 0.900. The average Bonchev–Trinajstić information content (AvgIpc) is 2.15. The van der Waals surface area contributed by atoms with E-state index in [0.29, 0.717) is 6.54 Å². The monoisotopic (exact) mass is 202 g/mol. The van der Waals surface area contributed by atoms with E-state index in [1.54, 1.807) is 7.11 Å². The number of carbonyl (C=O) groups excluding carboxylic acids is 1.